The van der Waals surface area contributed by atoms with Gasteiger partial charge in [-0.3, -0.25) is 13.9 Å². The maximum absolute atomic E-state index is 14.4. The number of nitrogens with one attached hydrogen (secondary N) is 1. The zero-order valence-electron chi connectivity index (χ0n) is 25.4. The van der Waals surface area contributed by atoms with Crippen molar-refractivity contribution in [2.45, 2.75) is 64.6 Å². The molecule has 1 N–H and O–H groups in total. The molecular formula is C34H41N3O6S. The molecule has 2 aliphatic rings. The zero-order valence-corrected chi connectivity index (χ0v) is 26.2. The van der Waals surface area contributed by atoms with Crippen molar-refractivity contribution in [3.63, 3.8) is 0 Å². The first-order valence-electron chi connectivity index (χ1n) is 15.3. The highest BCUT2D eigenvalue weighted by atomic mass is 32.2. The van der Waals surface area contributed by atoms with Crippen molar-refractivity contribution in [2.24, 2.45) is 0 Å². The molecule has 1 aliphatic heterocycles. The number of carbonyl (C=O) groups excluding carboxylic acids is 2. The van der Waals surface area contributed by atoms with Crippen LogP contribution in [0.4, 0.5) is 5.69 Å². The van der Waals surface area contributed by atoms with Crippen molar-refractivity contribution in [1.82, 2.24) is 10.2 Å². The third kappa shape index (κ3) is 7.72. The second kappa shape index (κ2) is 14.2. The number of anilines is 1. The van der Waals surface area contributed by atoms with E-state index in [4.69, 9.17) is 9.47 Å². The molecular weight excluding hydrogens is 578 g/mol. The Hall–Kier alpha value is -4.05. The van der Waals surface area contributed by atoms with Crippen molar-refractivity contribution in [3.8, 4) is 11.5 Å². The first-order valence-corrected chi connectivity index (χ1v) is 16.9. The van der Waals surface area contributed by atoms with E-state index in [1.165, 1.54) is 4.90 Å². The Morgan fingerprint density at radius 2 is 1.59 bits per heavy atom. The maximum atomic E-state index is 14.4. The number of sulfonamides is 1. The third-order valence-electron chi connectivity index (χ3n) is 8.24. The first kappa shape index (κ1) is 31.4. The fourth-order valence-electron chi connectivity index (χ4n) is 5.72. The van der Waals surface area contributed by atoms with Crippen LogP contribution in [0, 0.1) is 6.92 Å². The number of ether oxygens (including phenoxy) is 2. The Labute approximate surface area is 260 Å². The molecule has 3 aromatic rings. The molecule has 234 valence electrons. The molecule has 1 aliphatic carbocycles. The number of benzene rings is 3. The van der Waals surface area contributed by atoms with E-state index in [1.807, 2.05) is 61.5 Å². The van der Waals surface area contributed by atoms with Crippen molar-refractivity contribution in [3.05, 3.63) is 89.5 Å². The minimum absolute atomic E-state index is 0.0618. The Morgan fingerprint density at radius 1 is 0.909 bits per heavy atom. The number of fused-ring (bicyclic) bond motifs is 1. The number of carbonyl (C=O) groups is 2. The van der Waals surface area contributed by atoms with Crippen LogP contribution in [0.25, 0.3) is 0 Å². The molecule has 0 aromatic heterocycles. The second-order valence-electron chi connectivity index (χ2n) is 11.4. The molecule has 1 fully saturated rings. The van der Waals surface area contributed by atoms with E-state index in [1.54, 1.807) is 25.1 Å². The Morgan fingerprint density at radius 3 is 2.27 bits per heavy atom. The van der Waals surface area contributed by atoms with Crippen LogP contribution in [0.1, 0.15) is 49.3 Å². The lowest BCUT2D eigenvalue weighted by molar-refractivity contribution is -0.140. The van der Waals surface area contributed by atoms with E-state index in [-0.39, 0.29) is 24.2 Å². The first-order chi connectivity index (χ1) is 21.2. The van der Waals surface area contributed by atoms with Gasteiger partial charge in [-0.25, -0.2) is 8.42 Å². The van der Waals surface area contributed by atoms with Gasteiger partial charge in [0.15, 0.2) is 11.5 Å². The van der Waals surface area contributed by atoms with Gasteiger partial charge in [0.2, 0.25) is 21.8 Å². The van der Waals surface area contributed by atoms with Gasteiger partial charge in [-0.15, -0.1) is 0 Å². The van der Waals surface area contributed by atoms with Crippen LogP contribution in [0.2, 0.25) is 0 Å². The molecule has 1 saturated carbocycles. The van der Waals surface area contributed by atoms with E-state index < -0.39 is 28.5 Å². The summed E-state index contributed by atoms with van der Waals surface area (Å²) in [5.74, 6) is 0.0347. The molecule has 0 saturated heterocycles. The summed E-state index contributed by atoms with van der Waals surface area (Å²) in [6, 6.07) is 21.5. The number of hydrogen-bond donors (Lipinski definition) is 1. The van der Waals surface area contributed by atoms with Gasteiger partial charge in [-0.05, 0) is 49.9 Å². The molecule has 44 heavy (non-hydrogen) atoms. The quantitative estimate of drug-likeness (QED) is 0.317. The van der Waals surface area contributed by atoms with Crippen LogP contribution in [-0.4, -0.2) is 62.7 Å². The summed E-state index contributed by atoms with van der Waals surface area (Å²) in [4.78, 5) is 29.9. The van der Waals surface area contributed by atoms with Crippen LogP contribution in [0.15, 0.2) is 72.8 Å². The normalized spacial score (nSPS) is 15.4. The van der Waals surface area contributed by atoms with E-state index in [0.717, 1.165) is 46.7 Å². The lowest BCUT2D eigenvalue weighted by Crippen LogP contribution is -2.54. The standard InChI is InChI=1S/C34H41N3O6S/c1-3-44(40,41)37(29-17-18-31-32(22-29)43-20-19-42-31)24-33(38)36(23-27-15-13-25(2)14-16-27)30(21-26-9-5-4-6-10-26)34(39)35-28-11-7-8-12-28/h4-6,9-10,13-18,22,28,30H,3,7-8,11-12,19-21,23-24H2,1-2H3,(H,35,39)/t30-/m0/s1. The van der Waals surface area contributed by atoms with E-state index in [9.17, 15) is 18.0 Å². The minimum atomic E-state index is -3.88. The number of hydrogen-bond acceptors (Lipinski definition) is 6. The number of rotatable bonds is 12. The maximum Gasteiger partial charge on any atom is 0.244 e. The smallest absolute Gasteiger partial charge is 0.244 e. The summed E-state index contributed by atoms with van der Waals surface area (Å²) in [6.07, 6.45) is 4.21. The second-order valence-corrected chi connectivity index (χ2v) is 13.6. The van der Waals surface area contributed by atoms with Crippen molar-refractivity contribution in [2.75, 3.05) is 29.8 Å². The third-order valence-corrected chi connectivity index (χ3v) is 9.98. The molecule has 0 spiro atoms. The lowest BCUT2D eigenvalue weighted by Gasteiger charge is -2.34. The van der Waals surface area contributed by atoms with E-state index >= 15 is 0 Å². The molecule has 1 heterocycles. The number of aryl methyl sites for hydroxylation is 1. The molecule has 9 nitrogen and oxygen atoms in total. The molecule has 5 rings (SSSR count). The molecule has 0 unspecified atom stereocenters. The molecule has 3 aromatic carbocycles. The monoisotopic (exact) mass is 619 g/mol. The highest BCUT2D eigenvalue weighted by Crippen LogP contribution is 2.35. The topological polar surface area (TPSA) is 105 Å². The minimum Gasteiger partial charge on any atom is -0.486 e. The van der Waals surface area contributed by atoms with Crippen molar-refractivity contribution >= 4 is 27.5 Å². The Bertz CT molecular complexity index is 1540. The van der Waals surface area contributed by atoms with Gasteiger partial charge < -0.3 is 19.7 Å². The average molecular weight is 620 g/mol. The van der Waals surface area contributed by atoms with Crippen molar-refractivity contribution in [1.29, 1.82) is 0 Å². The van der Waals surface area contributed by atoms with Crippen LogP contribution < -0.4 is 19.1 Å². The van der Waals surface area contributed by atoms with E-state index in [2.05, 4.69) is 5.32 Å². The van der Waals surface area contributed by atoms with Gasteiger partial charge in [0.25, 0.3) is 0 Å². The molecule has 0 bridgehead atoms. The fraction of sp³-hybridized carbons (Fsp3) is 0.412. The Balaban J connectivity index is 1.51. The number of amides is 2. The summed E-state index contributed by atoms with van der Waals surface area (Å²) >= 11 is 0. The summed E-state index contributed by atoms with van der Waals surface area (Å²) < 4.78 is 39.3. The summed E-state index contributed by atoms with van der Waals surface area (Å²) in [5, 5.41) is 3.19. The van der Waals surface area contributed by atoms with Crippen LogP contribution in [-0.2, 0) is 32.6 Å². The molecule has 0 radical (unpaired) electrons. The van der Waals surface area contributed by atoms with Gasteiger partial charge in [-0.2, -0.15) is 0 Å². The lowest BCUT2D eigenvalue weighted by atomic mass is 10.0. The summed E-state index contributed by atoms with van der Waals surface area (Å²) in [7, 11) is -3.88. The van der Waals surface area contributed by atoms with Gasteiger partial charge in [0.05, 0.1) is 11.4 Å². The molecule has 10 heteroatoms. The summed E-state index contributed by atoms with van der Waals surface area (Å²) in [5.41, 5.74) is 3.13. The molecule has 1 atom stereocenters. The van der Waals surface area contributed by atoms with Crippen LogP contribution in [0.3, 0.4) is 0 Å². The van der Waals surface area contributed by atoms with Gasteiger partial charge in [-0.1, -0.05) is 73.0 Å². The fourth-order valence-corrected chi connectivity index (χ4v) is 6.77. The van der Waals surface area contributed by atoms with Crippen LogP contribution in [0.5, 0.6) is 11.5 Å². The average Bonchev–Trinajstić information content (AvgIpc) is 3.55. The van der Waals surface area contributed by atoms with Gasteiger partial charge >= 0.3 is 0 Å². The number of nitrogens with zero attached hydrogens (tertiary/aromatic N) is 2. The largest absolute Gasteiger partial charge is 0.486 e. The van der Waals surface area contributed by atoms with E-state index in [0.29, 0.717) is 36.8 Å². The van der Waals surface area contributed by atoms with Crippen molar-refractivity contribution < 1.29 is 27.5 Å². The van der Waals surface area contributed by atoms with Crippen LogP contribution >= 0.6 is 0 Å². The summed E-state index contributed by atoms with van der Waals surface area (Å²) in [6.45, 7) is 3.96. The highest BCUT2D eigenvalue weighted by Gasteiger charge is 2.35. The van der Waals surface area contributed by atoms with Gasteiger partial charge in [0, 0.05) is 25.1 Å². The molecule has 2 amide bonds. The highest BCUT2D eigenvalue weighted by molar-refractivity contribution is 7.92. The SMILES string of the molecule is CCS(=O)(=O)N(CC(=O)N(Cc1ccc(C)cc1)[C@@H](Cc1ccccc1)C(=O)NC1CCCC1)c1ccc2c(c1)OCCO2. The predicted octanol–water partition coefficient (Wildman–Crippen LogP) is 4.62. The van der Waals surface area contributed by atoms with Gasteiger partial charge in [0.1, 0.15) is 25.8 Å². The Kier molecular flexibility index (Phi) is 10.1. The zero-order chi connectivity index (χ0) is 31.1. The predicted molar refractivity (Wildman–Crippen MR) is 170 cm³/mol.